The summed E-state index contributed by atoms with van der Waals surface area (Å²) in [5.41, 5.74) is 1.35. The molecule has 0 aromatic heterocycles. The first kappa shape index (κ1) is 14.4. The summed E-state index contributed by atoms with van der Waals surface area (Å²) in [5, 5.41) is 6.16. The summed E-state index contributed by atoms with van der Waals surface area (Å²) in [6.45, 7) is 0.978. The van der Waals surface area contributed by atoms with Crippen LogP contribution in [0.1, 0.15) is 31.2 Å². The van der Waals surface area contributed by atoms with E-state index in [0.29, 0.717) is 6.42 Å². The van der Waals surface area contributed by atoms with Gasteiger partial charge in [-0.15, -0.1) is 11.8 Å². The molecule has 0 heterocycles. The zero-order valence-corrected chi connectivity index (χ0v) is 12.3. The van der Waals surface area contributed by atoms with Crippen LogP contribution in [0.5, 0.6) is 0 Å². The largest absolute Gasteiger partial charge is 0.359 e. The molecule has 0 radical (unpaired) electrons. The minimum absolute atomic E-state index is 0.127. The van der Waals surface area contributed by atoms with Crippen LogP contribution in [0.4, 0.5) is 0 Å². The molecule has 2 N–H and O–H groups in total. The van der Waals surface area contributed by atoms with E-state index in [4.69, 9.17) is 0 Å². The van der Waals surface area contributed by atoms with Crippen LogP contribution in [0.2, 0.25) is 0 Å². The Morgan fingerprint density at radius 1 is 1.32 bits per heavy atom. The maximum Gasteiger partial charge on any atom is 0.219 e. The standard InChI is InChI=1S/C15H22N2OS/c1-16-15(18)3-2-10-19-14-8-4-12(5-9-14)11-17-13-6-7-13/h4-5,8-9,13,17H,2-3,6-7,10-11H2,1H3,(H,16,18). The number of rotatable bonds is 8. The highest BCUT2D eigenvalue weighted by Crippen LogP contribution is 2.21. The van der Waals surface area contributed by atoms with Gasteiger partial charge in [-0.05, 0) is 42.7 Å². The van der Waals surface area contributed by atoms with Gasteiger partial charge in [0, 0.05) is 31.0 Å². The van der Waals surface area contributed by atoms with Gasteiger partial charge in [0.05, 0.1) is 0 Å². The van der Waals surface area contributed by atoms with E-state index in [1.165, 1.54) is 23.3 Å². The minimum Gasteiger partial charge on any atom is -0.359 e. The van der Waals surface area contributed by atoms with Crippen LogP contribution in [0.15, 0.2) is 29.2 Å². The molecule has 19 heavy (non-hydrogen) atoms. The zero-order valence-electron chi connectivity index (χ0n) is 11.4. The van der Waals surface area contributed by atoms with Crippen LogP contribution in [-0.4, -0.2) is 24.7 Å². The lowest BCUT2D eigenvalue weighted by atomic mass is 10.2. The van der Waals surface area contributed by atoms with Gasteiger partial charge >= 0.3 is 0 Å². The quantitative estimate of drug-likeness (QED) is 0.567. The molecule has 0 aliphatic heterocycles. The topological polar surface area (TPSA) is 41.1 Å². The smallest absolute Gasteiger partial charge is 0.219 e. The number of amides is 1. The first-order valence-electron chi connectivity index (χ1n) is 6.93. The van der Waals surface area contributed by atoms with E-state index in [2.05, 4.69) is 34.9 Å². The number of thioether (sulfide) groups is 1. The Labute approximate surface area is 119 Å². The van der Waals surface area contributed by atoms with E-state index < -0.39 is 0 Å². The van der Waals surface area contributed by atoms with Gasteiger partial charge in [-0.2, -0.15) is 0 Å². The van der Waals surface area contributed by atoms with E-state index in [0.717, 1.165) is 24.8 Å². The Balaban J connectivity index is 1.64. The number of nitrogens with one attached hydrogen (secondary N) is 2. The molecule has 104 valence electrons. The Hall–Kier alpha value is -1.00. The highest BCUT2D eigenvalue weighted by Gasteiger charge is 2.19. The summed E-state index contributed by atoms with van der Waals surface area (Å²) in [4.78, 5) is 12.4. The van der Waals surface area contributed by atoms with Crippen LogP contribution >= 0.6 is 11.8 Å². The molecule has 0 bridgehead atoms. The second-order valence-electron chi connectivity index (χ2n) is 4.92. The Morgan fingerprint density at radius 2 is 2.05 bits per heavy atom. The van der Waals surface area contributed by atoms with E-state index in [9.17, 15) is 4.79 Å². The fraction of sp³-hybridized carbons (Fsp3) is 0.533. The summed E-state index contributed by atoms with van der Waals surface area (Å²) in [6.07, 6.45) is 4.21. The predicted molar refractivity (Wildman–Crippen MR) is 80.3 cm³/mol. The first-order chi connectivity index (χ1) is 9.28. The van der Waals surface area contributed by atoms with Gasteiger partial charge in [0.25, 0.3) is 0 Å². The average Bonchev–Trinajstić information content (AvgIpc) is 3.26. The van der Waals surface area contributed by atoms with E-state index in [1.54, 1.807) is 7.05 Å². The van der Waals surface area contributed by atoms with Crippen molar-refractivity contribution in [2.24, 2.45) is 0 Å². The van der Waals surface area contributed by atoms with Gasteiger partial charge in [0.1, 0.15) is 0 Å². The fourth-order valence-electron chi connectivity index (χ4n) is 1.80. The SMILES string of the molecule is CNC(=O)CCCSc1ccc(CNC2CC2)cc1. The van der Waals surface area contributed by atoms with E-state index in [-0.39, 0.29) is 5.91 Å². The highest BCUT2D eigenvalue weighted by molar-refractivity contribution is 7.99. The Kier molecular flexibility index (Phi) is 5.73. The third-order valence-electron chi connectivity index (χ3n) is 3.19. The number of carbonyl (C=O) groups excluding carboxylic acids is 1. The molecule has 0 unspecified atom stereocenters. The lowest BCUT2D eigenvalue weighted by molar-refractivity contribution is -0.120. The normalized spacial score (nSPS) is 14.4. The van der Waals surface area contributed by atoms with Crippen molar-refractivity contribution in [3.63, 3.8) is 0 Å². The monoisotopic (exact) mass is 278 g/mol. The van der Waals surface area contributed by atoms with Crippen LogP contribution in [0, 0.1) is 0 Å². The molecule has 0 saturated heterocycles. The van der Waals surface area contributed by atoms with Crippen molar-refractivity contribution >= 4 is 17.7 Å². The van der Waals surface area contributed by atoms with Crippen molar-refractivity contribution < 1.29 is 4.79 Å². The third-order valence-corrected chi connectivity index (χ3v) is 4.29. The average molecular weight is 278 g/mol. The van der Waals surface area contributed by atoms with Crippen molar-refractivity contribution in [3.05, 3.63) is 29.8 Å². The lowest BCUT2D eigenvalue weighted by Gasteiger charge is -2.05. The van der Waals surface area contributed by atoms with Gasteiger partial charge in [0.15, 0.2) is 0 Å². The number of hydrogen-bond acceptors (Lipinski definition) is 3. The zero-order chi connectivity index (χ0) is 13.5. The van der Waals surface area contributed by atoms with Crippen molar-refractivity contribution in [2.75, 3.05) is 12.8 Å². The minimum atomic E-state index is 0.127. The third kappa shape index (κ3) is 5.66. The van der Waals surface area contributed by atoms with Gasteiger partial charge < -0.3 is 10.6 Å². The molecule has 1 fully saturated rings. The molecule has 0 atom stereocenters. The Bertz CT molecular complexity index is 401. The van der Waals surface area contributed by atoms with Gasteiger partial charge in [-0.1, -0.05) is 12.1 Å². The van der Waals surface area contributed by atoms with Gasteiger partial charge in [0.2, 0.25) is 5.91 Å². The lowest BCUT2D eigenvalue weighted by Crippen LogP contribution is -2.17. The summed E-state index contributed by atoms with van der Waals surface area (Å²) < 4.78 is 0. The first-order valence-corrected chi connectivity index (χ1v) is 7.92. The molecule has 1 aromatic carbocycles. The number of hydrogen-bond donors (Lipinski definition) is 2. The summed E-state index contributed by atoms with van der Waals surface area (Å²) in [7, 11) is 1.68. The van der Waals surface area contributed by atoms with Gasteiger partial charge in [-0.25, -0.2) is 0 Å². The van der Waals surface area contributed by atoms with E-state index in [1.807, 2.05) is 11.8 Å². The molecular formula is C15H22N2OS. The van der Waals surface area contributed by atoms with Crippen LogP contribution in [-0.2, 0) is 11.3 Å². The second-order valence-corrected chi connectivity index (χ2v) is 6.09. The molecule has 1 aliphatic rings. The molecular weight excluding hydrogens is 256 g/mol. The van der Waals surface area contributed by atoms with Gasteiger partial charge in [-0.3, -0.25) is 4.79 Å². The van der Waals surface area contributed by atoms with E-state index >= 15 is 0 Å². The molecule has 2 rings (SSSR count). The second kappa shape index (κ2) is 7.56. The Morgan fingerprint density at radius 3 is 2.68 bits per heavy atom. The summed E-state index contributed by atoms with van der Waals surface area (Å²) >= 11 is 1.82. The molecule has 1 aromatic rings. The summed E-state index contributed by atoms with van der Waals surface area (Å²) in [5.74, 6) is 1.12. The fourth-order valence-corrected chi connectivity index (χ4v) is 2.65. The maximum absolute atomic E-state index is 11.1. The number of carbonyl (C=O) groups is 1. The molecule has 3 nitrogen and oxygen atoms in total. The number of benzene rings is 1. The van der Waals surface area contributed by atoms with Crippen molar-refractivity contribution in [1.29, 1.82) is 0 Å². The van der Waals surface area contributed by atoms with Crippen LogP contribution < -0.4 is 10.6 Å². The van der Waals surface area contributed by atoms with Crippen molar-refractivity contribution in [1.82, 2.24) is 10.6 Å². The molecule has 4 heteroatoms. The maximum atomic E-state index is 11.1. The highest BCUT2D eigenvalue weighted by atomic mass is 32.2. The molecule has 0 spiro atoms. The van der Waals surface area contributed by atoms with Crippen molar-refractivity contribution in [3.8, 4) is 0 Å². The van der Waals surface area contributed by atoms with Crippen LogP contribution in [0.25, 0.3) is 0 Å². The van der Waals surface area contributed by atoms with Crippen LogP contribution in [0.3, 0.4) is 0 Å². The molecule has 1 aliphatic carbocycles. The predicted octanol–water partition coefficient (Wildman–Crippen LogP) is 2.56. The van der Waals surface area contributed by atoms with Crippen molar-refractivity contribution in [2.45, 2.75) is 43.2 Å². The molecule has 1 saturated carbocycles. The molecule has 1 amide bonds. The summed E-state index contributed by atoms with van der Waals surface area (Å²) in [6, 6.07) is 9.49.